The molecule has 7 heteroatoms. The van der Waals surface area contributed by atoms with Gasteiger partial charge in [-0.05, 0) is 6.42 Å². The van der Waals surface area contributed by atoms with Crippen LogP contribution in [0.5, 0.6) is 0 Å². The summed E-state index contributed by atoms with van der Waals surface area (Å²) in [6.07, 6.45) is 3.47. The quantitative estimate of drug-likeness (QED) is 0.371. The molecule has 0 fully saturated rings. The maximum absolute atomic E-state index is 11.2. The average molecular weight is 242 g/mol. The normalized spacial score (nSPS) is 13.7. The largest absolute Gasteiger partial charge is 0.300 e. The van der Waals surface area contributed by atoms with Gasteiger partial charge in [-0.3, -0.25) is 25.5 Å². The second kappa shape index (κ2) is 6.40. The number of unbranched alkanes of at least 4 members (excludes halogenated alkanes) is 2. The second-order valence-electron chi connectivity index (χ2n) is 3.15. The van der Waals surface area contributed by atoms with E-state index in [4.69, 9.17) is 22.6 Å². The highest BCUT2D eigenvalue weighted by Crippen LogP contribution is 2.19. The third-order valence-electron chi connectivity index (χ3n) is 1.63. The number of amides is 1. The molecule has 0 aliphatic rings. The molecule has 0 aliphatic carbocycles. The minimum Gasteiger partial charge on any atom is -0.282 e. The summed E-state index contributed by atoms with van der Waals surface area (Å²) in [6, 6.07) is 0. The van der Waals surface area contributed by atoms with Crippen LogP contribution in [0.3, 0.4) is 0 Å². The minimum atomic E-state index is -3.50. The van der Waals surface area contributed by atoms with Crippen molar-refractivity contribution in [3.05, 3.63) is 0 Å². The molecule has 0 heterocycles. The van der Waals surface area contributed by atoms with Gasteiger partial charge in [0.05, 0.1) is 0 Å². The van der Waals surface area contributed by atoms with Crippen LogP contribution in [0, 0.1) is 0 Å². The number of carbonyl (C=O) groups excluding carboxylic acids is 1. The van der Waals surface area contributed by atoms with Crippen molar-refractivity contribution in [2.75, 3.05) is 0 Å². The maximum atomic E-state index is 11.2. The first kappa shape index (κ1) is 13.9. The molecule has 0 bridgehead atoms. The monoisotopic (exact) mass is 241 g/mol. The Morgan fingerprint density at radius 3 is 2.50 bits per heavy atom. The Kier molecular flexibility index (Phi) is 6.36. The number of alkyl halides is 1. The lowest BCUT2D eigenvalue weighted by Gasteiger charge is -2.12. The zero-order valence-electron chi connectivity index (χ0n) is 8.20. The van der Waals surface area contributed by atoms with Gasteiger partial charge in [0.15, 0.2) is 0 Å². The van der Waals surface area contributed by atoms with Crippen LogP contribution in [0.4, 0.5) is 0 Å². The number of hydrogen-bond acceptors (Lipinski definition) is 2. The number of nitrogens with one attached hydrogen (secondary N) is 1. The van der Waals surface area contributed by atoms with Crippen LogP contribution < -0.4 is 16.1 Å². The SMILES string of the molecule is CCCCCC(Cl)C(=O)NP(N)(N)=O. The fourth-order valence-electron chi connectivity index (χ4n) is 0.947. The van der Waals surface area contributed by atoms with Crippen molar-refractivity contribution in [1.82, 2.24) is 5.09 Å². The molecule has 0 radical (unpaired) electrons. The van der Waals surface area contributed by atoms with E-state index in [2.05, 4.69) is 6.92 Å². The van der Waals surface area contributed by atoms with Crippen molar-refractivity contribution in [2.45, 2.75) is 38.0 Å². The maximum Gasteiger partial charge on any atom is 0.300 e. The Bertz CT molecular complexity index is 231. The molecule has 84 valence electrons. The van der Waals surface area contributed by atoms with Crippen LogP contribution in [0.15, 0.2) is 0 Å². The molecule has 5 N–H and O–H groups in total. The van der Waals surface area contributed by atoms with Gasteiger partial charge in [0.1, 0.15) is 5.38 Å². The standard InChI is InChI=1S/C7H17ClN3O2P/c1-2-3-4-5-6(8)7(12)11-14(9,10)13/h6H,2-5H2,1H3,(H5,9,10,11,12,13). The molecule has 1 amide bonds. The van der Waals surface area contributed by atoms with Gasteiger partial charge in [0.25, 0.3) is 7.59 Å². The first-order chi connectivity index (χ1) is 6.37. The summed E-state index contributed by atoms with van der Waals surface area (Å²) in [4.78, 5) is 11.2. The van der Waals surface area contributed by atoms with E-state index >= 15 is 0 Å². The molecule has 5 nitrogen and oxygen atoms in total. The van der Waals surface area contributed by atoms with E-state index in [-0.39, 0.29) is 0 Å². The predicted octanol–water partition coefficient (Wildman–Crippen LogP) is 1.32. The Labute approximate surface area is 89.1 Å². The Morgan fingerprint density at radius 2 is 2.07 bits per heavy atom. The van der Waals surface area contributed by atoms with Gasteiger partial charge in [-0.25, -0.2) is 0 Å². The number of halogens is 1. The first-order valence-corrected chi connectivity index (χ1v) is 6.78. The third kappa shape index (κ3) is 7.33. The van der Waals surface area contributed by atoms with Gasteiger partial charge in [0, 0.05) is 0 Å². The lowest BCUT2D eigenvalue weighted by molar-refractivity contribution is -0.119. The Morgan fingerprint density at radius 1 is 1.50 bits per heavy atom. The zero-order chi connectivity index (χ0) is 11.2. The minimum absolute atomic E-state index is 0.543. The molecule has 0 aliphatic heterocycles. The molecular weight excluding hydrogens is 225 g/mol. The van der Waals surface area contributed by atoms with E-state index in [0.717, 1.165) is 19.3 Å². The lowest BCUT2D eigenvalue weighted by atomic mass is 10.1. The van der Waals surface area contributed by atoms with Gasteiger partial charge in [-0.15, -0.1) is 11.6 Å². The third-order valence-corrected chi connectivity index (χ3v) is 2.62. The van der Waals surface area contributed by atoms with Crippen molar-refractivity contribution in [3.8, 4) is 0 Å². The molecule has 0 aromatic carbocycles. The summed E-state index contributed by atoms with van der Waals surface area (Å²) in [5, 5.41) is 1.28. The van der Waals surface area contributed by atoms with Gasteiger partial charge < -0.3 is 0 Å². The fourth-order valence-corrected chi connectivity index (χ4v) is 1.73. The fraction of sp³-hybridized carbons (Fsp3) is 0.857. The highest BCUT2D eigenvalue weighted by Gasteiger charge is 2.20. The van der Waals surface area contributed by atoms with Gasteiger partial charge in [0.2, 0.25) is 5.91 Å². The van der Waals surface area contributed by atoms with Gasteiger partial charge in [-0.2, -0.15) is 0 Å². The molecule has 14 heavy (non-hydrogen) atoms. The predicted molar refractivity (Wildman–Crippen MR) is 57.9 cm³/mol. The van der Waals surface area contributed by atoms with E-state index in [0.29, 0.717) is 6.42 Å². The summed E-state index contributed by atoms with van der Waals surface area (Å²) < 4.78 is 10.8. The number of nitrogens with two attached hydrogens (primary N) is 2. The van der Waals surface area contributed by atoms with Crippen LogP contribution in [0.2, 0.25) is 0 Å². The lowest BCUT2D eigenvalue weighted by Crippen LogP contribution is -2.34. The van der Waals surface area contributed by atoms with Gasteiger partial charge in [-0.1, -0.05) is 26.2 Å². The summed E-state index contributed by atoms with van der Waals surface area (Å²) >= 11 is 5.73. The van der Waals surface area contributed by atoms with Crippen LogP contribution in [-0.2, 0) is 9.36 Å². The van der Waals surface area contributed by atoms with E-state index in [9.17, 15) is 9.36 Å². The van der Waals surface area contributed by atoms with Gasteiger partial charge >= 0.3 is 0 Å². The smallest absolute Gasteiger partial charge is 0.282 e. The highest BCUT2D eigenvalue weighted by molar-refractivity contribution is 7.57. The summed E-state index contributed by atoms with van der Waals surface area (Å²) in [5.74, 6) is -0.559. The Hall–Kier alpha value is -0.0900. The summed E-state index contributed by atoms with van der Waals surface area (Å²) in [7, 11) is -3.50. The van der Waals surface area contributed by atoms with Crippen LogP contribution in [-0.4, -0.2) is 11.3 Å². The summed E-state index contributed by atoms with van der Waals surface area (Å²) in [5.41, 5.74) is 9.94. The molecule has 0 saturated carbocycles. The van der Waals surface area contributed by atoms with Crippen molar-refractivity contribution < 1.29 is 9.36 Å². The van der Waals surface area contributed by atoms with E-state index in [1.54, 1.807) is 0 Å². The zero-order valence-corrected chi connectivity index (χ0v) is 9.85. The van der Waals surface area contributed by atoms with E-state index in [1.807, 2.05) is 5.09 Å². The first-order valence-electron chi connectivity index (χ1n) is 4.50. The second-order valence-corrected chi connectivity index (χ2v) is 5.32. The Balaban J connectivity index is 3.82. The molecule has 0 saturated heterocycles. The van der Waals surface area contributed by atoms with Crippen molar-refractivity contribution >= 4 is 25.1 Å². The van der Waals surface area contributed by atoms with Crippen LogP contribution in [0.1, 0.15) is 32.6 Å². The van der Waals surface area contributed by atoms with Crippen molar-refractivity contribution in [1.29, 1.82) is 0 Å². The van der Waals surface area contributed by atoms with Crippen molar-refractivity contribution in [2.24, 2.45) is 11.0 Å². The number of hydrogen-bond donors (Lipinski definition) is 3. The van der Waals surface area contributed by atoms with Crippen molar-refractivity contribution in [3.63, 3.8) is 0 Å². The van der Waals surface area contributed by atoms with Crippen LogP contribution >= 0.6 is 19.2 Å². The molecule has 0 rings (SSSR count). The molecule has 1 atom stereocenters. The molecule has 0 spiro atoms. The number of carbonyl (C=O) groups is 1. The molecule has 0 aromatic rings. The highest BCUT2D eigenvalue weighted by atomic mass is 35.5. The van der Waals surface area contributed by atoms with E-state index in [1.165, 1.54) is 0 Å². The topological polar surface area (TPSA) is 98.2 Å². The number of rotatable bonds is 6. The van der Waals surface area contributed by atoms with E-state index < -0.39 is 18.9 Å². The van der Waals surface area contributed by atoms with Crippen LogP contribution in [0.25, 0.3) is 0 Å². The molecule has 0 aromatic heterocycles. The average Bonchev–Trinajstić information content (AvgIpc) is 2.01. The molecular formula is C7H17ClN3O2P. The molecule has 1 unspecified atom stereocenters. The summed E-state index contributed by atoms with van der Waals surface area (Å²) in [6.45, 7) is 2.05.